The van der Waals surface area contributed by atoms with Gasteiger partial charge in [-0.15, -0.1) is 0 Å². The van der Waals surface area contributed by atoms with E-state index in [0.29, 0.717) is 10.9 Å². The highest BCUT2D eigenvalue weighted by molar-refractivity contribution is 9.10. The summed E-state index contributed by atoms with van der Waals surface area (Å²) in [5.41, 5.74) is 0. The lowest BCUT2D eigenvalue weighted by Gasteiger charge is -2.22. The van der Waals surface area contributed by atoms with Crippen LogP contribution in [0.15, 0.2) is 33.6 Å². The fourth-order valence-corrected chi connectivity index (χ4v) is 3.95. The van der Waals surface area contributed by atoms with Crippen molar-refractivity contribution in [2.24, 2.45) is 5.92 Å². The Bertz CT molecular complexity index is 573. The SMILES string of the molecule is CC[C@@H](C)[C@@H](NS(=O)(=O)c1ccccc1Br)C(=O)OC. The predicted octanol–water partition coefficient (Wildman–Crippen LogP) is 2.32. The molecule has 0 bridgehead atoms. The number of methoxy groups -OCH3 is 1. The second kappa shape index (κ2) is 7.19. The first-order valence-electron chi connectivity index (χ1n) is 6.18. The molecule has 1 aromatic rings. The summed E-state index contributed by atoms with van der Waals surface area (Å²) >= 11 is 3.19. The monoisotopic (exact) mass is 363 g/mol. The van der Waals surface area contributed by atoms with Crippen molar-refractivity contribution in [3.63, 3.8) is 0 Å². The lowest BCUT2D eigenvalue weighted by molar-refractivity contribution is -0.143. The molecule has 0 aliphatic carbocycles. The molecule has 2 atom stereocenters. The van der Waals surface area contributed by atoms with E-state index in [9.17, 15) is 13.2 Å². The topological polar surface area (TPSA) is 72.5 Å². The summed E-state index contributed by atoms with van der Waals surface area (Å²) in [6.45, 7) is 3.68. The molecule has 20 heavy (non-hydrogen) atoms. The molecular formula is C13H18BrNO4S. The number of carbonyl (C=O) groups excluding carboxylic acids is 1. The lowest BCUT2D eigenvalue weighted by atomic mass is 10.0. The van der Waals surface area contributed by atoms with Crippen molar-refractivity contribution < 1.29 is 17.9 Å². The smallest absolute Gasteiger partial charge is 0.324 e. The van der Waals surface area contributed by atoms with Crippen LogP contribution in [0.5, 0.6) is 0 Å². The number of hydrogen-bond acceptors (Lipinski definition) is 4. The number of halogens is 1. The number of esters is 1. The molecule has 0 fully saturated rings. The second-order valence-corrected chi connectivity index (χ2v) is 6.97. The molecule has 112 valence electrons. The van der Waals surface area contributed by atoms with E-state index in [4.69, 9.17) is 0 Å². The van der Waals surface area contributed by atoms with E-state index in [1.807, 2.05) is 6.92 Å². The van der Waals surface area contributed by atoms with Crippen LogP contribution in [0.1, 0.15) is 20.3 Å². The quantitative estimate of drug-likeness (QED) is 0.787. The Labute approximate surface area is 127 Å². The van der Waals surface area contributed by atoms with Crippen molar-refractivity contribution >= 4 is 31.9 Å². The van der Waals surface area contributed by atoms with E-state index >= 15 is 0 Å². The highest BCUT2D eigenvalue weighted by atomic mass is 79.9. The Balaban J connectivity index is 3.10. The second-order valence-electron chi connectivity index (χ2n) is 4.44. The van der Waals surface area contributed by atoms with Crippen molar-refractivity contribution in [2.45, 2.75) is 31.2 Å². The van der Waals surface area contributed by atoms with Gasteiger partial charge in [-0.2, -0.15) is 4.72 Å². The third-order valence-corrected chi connectivity index (χ3v) is 5.53. The Hall–Kier alpha value is -0.920. The Morgan fingerprint density at radius 2 is 2.00 bits per heavy atom. The van der Waals surface area contributed by atoms with E-state index in [1.165, 1.54) is 13.2 Å². The largest absolute Gasteiger partial charge is 0.468 e. The molecule has 0 amide bonds. The summed E-state index contributed by atoms with van der Waals surface area (Å²) in [7, 11) is -2.56. The van der Waals surface area contributed by atoms with Crippen molar-refractivity contribution in [3.05, 3.63) is 28.7 Å². The predicted molar refractivity (Wildman–Crippen MR) is 79.7 cm³/mol. The van der Waals surface area contributed by atoms with Gasteiger partial charge in [-0.05, 0) is 34.0 Å². The molecule has 5 nitrogen and oxygen atoms in total. The maximum Gasteiger partial charge on any atom is 0.324 e. The van der Waals surface area contributed by atoms with E-state index in [1.54, 1.807) is 25.1 Å². The molecule has 1 rings (SSSR count). The van der Waals surface area contributed by atoms with Crippen LogP contribution >= 0.6 is 15.9 Å². The summed E-state index contributed by atoms with van der Waals surface area (Å²) < 4.78 is 32.2. The minimum Gasteiger partial charge on any atom is -0.468 e. The number of benzene rings is 1. The van der Waals surface area contributed by atoms with Gasteiger partial charge in [0.1, 0.15) is 6.04 Å². The summed E-state index contributed by atoms with van der Waals surface area (Å²) in [5, 5.41) is 0. The number of sulfonamides is 1. The van der Waals surface area contributed by atoms with E-state index in [0.717, 1.165) is 0 Å². The van der Waals surface area contributed by atoms with Crippen LogP contribution in [-0.4, -0.2) is 27.5 Å². The fourth-order valence-electron chi connectivity index (χ4n) is 1.65. The van der Waals surface area contributed by atoms with Gasteiger partial charge in [-0.25, -0.2) is 8.42 Å². The van der Waals surface area contributed by atoms with Crippen LogP contribution in [0, 0.1) is 5.92 Å². The average Bonchev–Trinajstić information content (AvgIpc) is 2.43. The van der Waals surface area contributed by atoms with Gasteiger partial charge < -0.3 is 4.74 Å². The van der Waals surface area contributed by atoms with Gasteiger partial charge in [0.15, 0.2) is 0 Å². The summed E-state index contributed by atoms with van der Waals surface area (Å²) in [6, 6.07) is 5.54. The molecule has 1 aromatic carbocycles. The normalized spacial score (nSPS) is 14.6. The van der Waals surface area contributed by atoms with Gasteiger partial charge in [-0.3, -0.25) is 4.79 Å². The zero-order valence-corrected chi connectivity index (χ0v) is 14.0. The third-order valence-electron chi connectivity index (χ3n) is 3.08. The first-order chi connectivity index (χ1) is 9.33. The number of ether oxygens (including phenoxy) is 1. The maximum absolute atomic E-state index is 12.4. The summed E-state index contributed by atoms with van der Waals surface area (Å²) in [6.07, 6.45) is 0.651. The number of rotatable bonds is 6. The molecule has 0 heterocycles. The zero-order valence-electron chi connectivity index (χ0n) is 11.6. The average molecular weight is 364 g/mol. The van der Waals surface area contributed by atoms with Gasteiger partial charge in [0, 0.05) is 4.47 Å². The molecule has 1 N–H and O–H groups in total. The third kappa shape index (κ3) is 4.04. The Morgan fingerprint density at radius 3 is 2.50 bits per heavy atom. The van der Waals surface area contributed by atoms with Crippen molar-refractivity contribution in [1.82, 2.24) is 4.72 Å². The van der Waals surface area contributed by atoms with Crippen molar-refractivity contribution in [2.75, 3.05) is 7.11 Å². The fraction of sp³-hybridized carbons (Fsp3) is 0.462. The highest BCUT2D eigenvalue weighted by Crippen LogP contribution is 2.22. The molecular weight excluding hydrogens is 346 g/mol. The molecule has 0 aromatic heterocycles. The zero-order chi connectivity index (χ0) is 15.3. The van der Waals surface area contributed by atoms with Gasteiger partial charge in [-0.1, -0.05) is 32.4 Å². The van der Waals surface area contributed by atoms with Gasteiger partial charge in [0.2, 0.25) is 10.0 Å². The highest BCUT2D eigenvalue weighted by Gasteiger charge is 2.31. The van der Waals surface area contributed by atoms with Crippen LogP contribution in [0.25, 0.3) is 0 Å². The molecule has 7 heteroatoms. The Morgan fingerprint density at radius 1 is 1.40 bits per heavy atom. The minimum atomic E-state index is -3.80. The first kappa shape index (κ1) is 17.1. The van der Waals surface area contributed by atoms with Gasteiger partial charge in [0.25, 0.3) is 0 Å². The molecule has 0 aliphatic heterocycles. The minimum absolute atomic E-state index is 0.0946. The van der Waals surface area contributed by atoms with Crippen LogP contribution in [0.3, 0.4) is 0 Å². The van der Waals surface area contributed by atoms with E-state index in [-0.39, 0.29) is 10.8 Å². The standard InChI is InChI=1S/C13H18BrNO4S/c1-4-9(2)12(13(16)19-3)15-20(17,18)11-8-6-5-7-10(11)14/h5-9,12,15H,4H2,1-3H3/t9-,12-/m1/s1. The van der Waals surface area contributed by atoms with Crippen LogP contribution in [-0.2, 0) is 19.6 Å². The molecule has 0 spiro atoms. The molecule has 0 radical (unpaired) electrons. The van der Waals surface area contributed by atoms with Crippen molar-refractivity contribution in [3.8, 4) is 0 Å². The van der Waals surface area contributed by atoms with E-state index in [2.05, 4.69) is 25.4 Å². The van der Waals surface area contributed by atoms with Crippen molar-refractivity contribution in [1.29, 1.82) is 0 Å². The first-order valence-corrected chi connectivity index (χ1v) is 8.45. The number of hydrogen-bond donors (Lipinski definition) is 1. The summed E-state index contributed by atoms with van der Waals surface area (Å²) in [5.74, 6) is -0.755. The molecule has 0 aliphatic rings. The lowest BCUT2D eigenvalue weighted by Crippen LogP contribution is -2.45. The van der Waals surface area contributed by atoms with Gasteiger partial charge >= 0.3 is 5.97 Å². The van der Waals surface area contributed by atoms with Crippen LogP contribution in [0.2, 0.25) is 0 Å². The Kier molecular flexibility index (Phi) is 6.16. The van der Waals surface area contributed by atoms with Gasteiger partial charge in [0.05, 0.1) is 12.0 Å². The van der Waals surface area contributed by atoms with E-state index < -0.39 is 22.0 Å². The summed E-state index contributed by atoms with van der Waals surface area (Å²) in [4.78, 5) is 11.8. The number of nitrogens with one attached hydrogen (secondary N) is 1. The van der Waals surface area contributed by atoms with Crippen LogP contribution < -0.4 is 4.72 Å². The molecule has 0 saturated carbocycles. The molecule has 0 saturated heterocycles. The van der Waals surface area contributed by atoms with Crippen LogP contribution in [0.4, 0.5) is 0 Å². The maximum atomic E-state index is 12.4. The molecule has 0 unspecified atom stereocenters. The number of carbonyl (C=O) groups is 1.